The van der Waals surface area contributed by atoms with Crippen molar-refractivity contribution in [2.24, 2.45) is 5.73 Å². The highest BCUT2D eigenvalue weighted by Crippen LogP contribution is 2.33. The fourth-order valence-electron chi connectivity index (χ4n) is 2.00. The molecule has 76 valence electrons. The Morgan fingerprint density at radius 3 is 3.00 bits per heavy atom. The predicted molar refractivity (Wildman–Crippen MR) is 65.6 cm³/mol. The zero-order valence-electron chi connectivity index (χ0n) is 8.22. The lowest BCUT2D eigenvalue weighted by Crippen LogP contribution is -2.17. The molecule has 1 aromatic rings. The van der Waals surface area contributed by atoms with E-state index in [4.69, 9.17) is 10.5 Å². The molecule has 1 aromatic carbocycles. The summed E-state index contributed by atoms with van der Waals surface area (Å²) in [7, 11) is 1.71. The molecule has 1 aliphatic carbocycles. The molecule has 0 bridgehead atoms. The largest absolute Gasteiger partial charge is 0.496 e. The van der Waals surface area contributed by atoms with E-state index < -0.39 is 0 Å². The zero-order chi connectivity index (χ0) is 10.1. The maximum Gasteiger partial charge on any atom is 0.132 e. The van der Waals surface area contributed by atoms with Crippen molar-refractivity contribution in [3.8, 4) is 5.75 Å². The van der Waals surface area contributed by atoms with E-state index in [0.29, 0.717) is 0 Å². The van der Waals surface area contributed by atoms with Crippen molar-refractivity contribution in [2.45, 2.75) is 25.3 Å². The maximum atomic E-state index is 6.06. The minimum atomic E-state index is 0.221. The van der Waals surface area contributed by atoms with Crippen LogP contribution in [0.3, 0.4) is 0 Å². The molecule has 0 heterocycles. The van der Waals surface area contributed by atoms with Crippen LogP contribution in [-0.4, -0.2) is 7.11 Å². The van der Waals surface area contributed by atoms with Gasteiger partial charge in [-0.3, -0.25) is 0 Å². The van der Waals surface area contributed by atoms with Crippen molar-refractivity contribution in [2.75, 3.05) is 7.11 Å². The summed E-state index contributed by atoms with van der Waals surface area (Å²) < 4.78 is 6.45. The van der Waals surface area contributed by atoms with Gasteiger partial charge in [-0.25, -0.2) is 0 Å². The normalized spacial score (nSPS) is 20.4. The second-order valence-electron chi connectivity index (χ2n) is 3.68. The molecular weight excluding hydrogens is 289 g/mol. The van der Waals surface area contributed by atoms with Gasteiger partial charge in [0.2, 0.25) is 0 Å². The number of fused-ring (bicyclic) bond motifs is 1. The van der Waals surface area contributed by atoms with Crippen molar-refractivity contribution in [3.63, 3.8) is 0 Å². The van der Waals surface area contributed by atoms with Crippen LogP contribution in [0, 0.1) is 3.57 Å². The Morgan fingerprint density at radius 2 is 2.29 bits per heavy atom. The van der Waals surface area contributed by atoms with Crippen LogP contribution in [-0.2, 0) is 6.42 Å². The summed E-state index contributed by atoms with van der Waals surface area (Å²) in [6, 6.07) is 4.52. The van der Waals surface area contributed by atoms with Crippen LogP contribution in [0.1, 0.15) is 30.0 Å². The van der Waals surface area contributed by atoms with Gasteiger partial charge >= 0.3 is 0 Å². The van der Waals surface area contributed by atoms with Crippen molar-refractivity contribution in [1.82, 2.24) is 0 Å². The first-order valence-corrected chi connectivity index (χ1v) is 5.92. The molecule has 0 fully saturated rings. The topological polar surface area (TPSA) is 35.2 Å². The average molecular weight is 303 g/mol. The molecule has 0 amide bonds. The van der Waals surface area contributed by atoms with Gasteiger partial charge in [0.25, 0.3) is 0 Å². The van der Waals surface area contributed by atoms with Crippen LogP contribution in [0.5, 0.6) is 5.75 Å². The Balaban J connectivity index is 2.48. The molecule has 0 spiro atoms. The van der Waals surface area contributed by atoms with Gasteiger partial charge in [0.05, 0.1) is 10.7 Å². The molecular formula is C11H14INO. The molecule has 1 atom stereocenters. The number of methoxy groups -OCH3 is 1. The zero-order valence-corrected chi connectivity index (χ0v) is 10.4. The average Bonchev–Trinajstić information content (AvgIpc) is 2.19. The Hall–Kier alpha value is -0.290. The van der Waals surface area contributed by atoms with Crippen LogP contribution in [0.2, 0.25) is 0 Å². The van der Waals surface area contributed by atoms with E-state index in [-0.39, 0.29) is 6.04 Å². The number of hydrogen-bond donors (Lipinski definition) is 1. The van der Waals surface area contributed by atoms with Gasteiger partial charge in [0.15, 0.2) is 0 Å². The summed E-state index contributed by atoms with van der Waals surface area (Å²) in [5.74, 6) is 0.971. The number of benzene rings is 1. The summed E-state index contributed by atoms with van der Waals surface area (Å²) in [4.78, 5) is 0. The molecule has 0 aromatic heterocycles. The molecule has 0 radical (unpaired) electrons. The van der Waals surface area contributed by atoms with Gasteiger partial charge in [0.1, 0.15) is 5.75 Å². The third kappa shape index (κ3) is 1.75. The van der Waals surface area contributed by atoms with E-state index in [2.05, 4.69) is 34.7 Å². The van der Waals surface area contributed by atoms with E-state index in [9.17, 15) is 0 Å². The van der Waals surface area contributed by atoms with E-state index in [0.717, 1.165) is 22.2 Å². The molecule has 3 heteroatoms. The molecule has 0 saturated heterocycles. The number of rotatable bonds is 1. The second kappa shape index (κ2) is 4.06. The lowest BCUT2D eigenvalue weighted by atomic mass is 9.88. The fraction of sp³-hybridized carbons (Fsp3) is 0.455. The van der Waals surface area contributed by atoms with Crippen LogP contribution in [0.15, 0.2) is 12.1 Å². The molecule has 2 rings (SSSR count). The SMILES string of the molecule is COc1cc2c(cc1I)[C@@H](N)CCC2. The number of hydrogen-bond acceptors (Lipinski definition) is 2. The van der Waals surface area contributed by atoms with Gasteiger partial charge in [-0.1, -0.05) is 0 Å². The summed E-state index contributed by atoms with van der Waals surface area (Å²) in [5.41, 5.74) is 8.73. The fourth-order valence-corrected chi connectivity index (χ4v) is 2.71. The molecule has 1 aliphatic rings. The summed E-state index contributed by atoms with van der Waals surface area (Å²) in [6.07, 6.45) is 3.43. The van der Waals surface area contributed by atoms with E-state index >= 15 is 0 Å². The molecule has 0 aliphatic heterocycles. The van der Waals surface area contributed by atoms with Crippen LogP contribution in [0.25, 0.3) is 0 Å². The molecule has 14 heavy (non-hydrogen) atoms. The quantitative estimate of drug-likeness (QED) is 0.810. The van der Waals surface area contributed by atoms with E-state index in [1.165, 1.54) is 17.5 Å². The van der Waals surface area contributed by atoms with Crippen LogP contribution < -0.4 is 10.5 Å². The van der Waals surface area contributed by atoms with Crippen molar-refractivity contribution in [3.05, 3.63) is 26.8 Å². The van der Waals surface area contributed by atoms with Gasteiger partial charge < -0.3 is 10.5 Å². The standard InChI is InChI=1S/C11H14INO/c1-14-11-5-7-3-2-4-10(13)8(7)6-9(11)12/h5-6,10H,2-4,13H2,1H3/t10-/m0/s1. The van der Waals surface area contributed by atoms with Crippen molar-refractivity contribution >= 4 is 22.6 Å². The van der Waals surface area contributed by atoms with Crippen LogP contribution >= 0.6 is 22.6 Å². The Labute approximate surface area is 98.0 Å². The van der Waals surface area contributed by atoms with E-state index in [1.54, 1.807) is 7.11 Å². The maximum absolute atomic E-state index is 6.06. The molecule has 0 saturated carbocycles. The first-order chi connectivity index (χ1) is 6.72. The number of halogens is 1. The molecule has 0 unspecified atom stereocenters. The van der Waals surface area contributed by atoms with E-state index in [1.807, 2.05) is 0 Å². The van der Waals surface area contributed by atoms with Gasteiger partial charge in [-0.05, 0) is 65.1 Å². The second-order valence-corrected chi connectivity index (χ2v) is 4.85. The minimum Gasteiger partial charge on any atom is -0.496 e. The third-order valence-electron chi connectivity index (χ3n) is 2.77. The van der Waals surface area contributed by atoms with Gasteiger partial charge in [-0.15, -0.1) is 0 Å². The van der Waals surface area contributed by atoms with Crippen molar-refractivity contribution in [1.29, 1.82) is 0 Å². The Kier molecular flexibility index (Phi) is 2.97. The highest BCUT2D eigenvalue weighted by molar-refractivity contribution is 14.1. The highest BCUT2D eigenvalue weighted by atomic mass is 127. The van der Waals surface area contributed by atoms with Gasteiger partial charge in [-0.2, -0.15) is 0 Å². The smallest absolute Gasteiger partial charge is 0.132 e. The van der Waals surface area contributed by atoms with Crippen LogP contribution in [0.4, 0.5) is 0 Å². The predicted octanol–water partition coefficient (Wildman–Crippen LogP) is 2.64. The number of nitrogens with two attached hydrogens (primary N) is 1. The number of aryl methyl sites for hydroxylation is 1. The molecule has 2 N–H and O–H groups in total. The van der Waals surface area contributed by atoms with Gasteiger partial charge in [0, 0.05) is 6.04 Å². The summed E-state index contributed by atoms with van der Waals surface area (Å²) in [6.45, 7) is 0. The lowest BCUT2D eigenvalue weighted by molar-refractivity contribution is 0.410. The summed E-state index contributed by atoms with van der Waals surface area (Å²) >= 11 is 2.30. The Bertz CT molecular complexity index is 351. The minimum absolute atomic E-state index is 0.221. The first kappa shape index (κ1) is 10.2. The van der Waals surface area contributed by atoms with Crippen molar-refractivity contribution < 1.29 is 4.74 Å². The highest BCUT2D eigenvalue weighted by Gasteiger charge is 2.18. The number of ether oxygens (including phenoxy) is 1. The molecule has 2 nitrogen and oxygen atoms in total. The lowest BCUT2D eigenvalue weighted by Gasteiger charge is -2.23. The Morgan fingerprint density at radius 1 is 1.50 bits per heavy atom. The third-order valence-corrected chi connectivity index (χ3v) is 3.62. The summed E-state index contributed by atoms with van der Waals surface area (Å²) in [5, 5.41) is 0. The monoisotopic (exact) mass is 303 g/mol. The first-order valence-electron chi connectivity index (χ1n) is 4.84.